The quantitative estimate of drug-likeness (QED) is 0.172. The number of carbonyl (C=O) groups is 2. The van der Waals surface area contributed by atoms with Crippen molar-refractivity contribution < 1.29 is 44.8 Å². The van der Waals surface area contributed by atoms with Crippen molar-refractivity contribution in [3.63, 3.8) is 0 Å². The van der Waals surface area contributed by atoms with Gasteiger partial charge in [-0.3, -0.25) is 4.79 Å². The first kappa shape index (κ1) is 27.2. The van der Waals surface area contributed by atoms with Gasteiger partial charge in [0, 0.05) is 30.4 Å². The molecule has 34 heavy (non-hydrogen) atoms. The van der Waals surface area contributed by atoms with Gasteiger partial charge in [-0.1, -0.05) is 24.5 Å². The van der Waals surface area contributed by atoms with Gasteiger partial charge in [0.2, 0.25) is 0 Å². The van der Waals surface area contributed by atoms with Crippen LogP contribution >= 0.6 is 0 Å². The Morgan fingerprint density at radius 3 is 2.47 bits per heavy atom. The molecule has 0 fully saturated rings. The van der Waals surface area contributed by atoms with Gasteiger partial charge in [-0.2, -0.15) is 21.6 Å². The summed E-state index contributed by atoms with van der Waals surface area (Å²) < 4.78 is 77.4. The maximum Gasteiger partial charge on any atom is 0.534 e. The van der Waals surface area contributed by atoms with E-state index in [9.17, 15) is 31.2 Å². The summed E-state index contributed by atoms with van der Waals surface area (Å²) in [4.78, 5) is 23.8. The van der Waals surface area contributed by atoms with E-state index in [1.165, 1.54) is 7.11 Å². The van der Waals surface area contributed by atoms with E-state index in [2.05, 4.69) is 20.8 Å². The molecule has 1 aromatic rings. The third-order valence-corrected chi connectivity index (χ3v) is 6.23. The number of esters is 2. The van der Waals surface area contributed by atoms with E-state index in [4.69, 9.17) is 4.74 Å². The van der Waals surface area contributed by atoms with Crippen molar-refractivity contribution in [1.29, 1.82) is 0 Å². The Kier molecular flexibility index (Phi) is 8.78. The summed E-state index contributed by atoms with van der Waals surface area (Å²) in [7, 11) is -4.81. The van der Waals surface area contributed by atoms with E-state index in [1.807, 2.05) is 6.92 Å². The van der Waals surface area contributed by atoms with Crippen LogP contribution < -0.4 is 4.18 Å². The van der Waals surface area contributed by atoms with Gasteiger partial charge in [0.05, 0.1) is 7.11 Å². The van der Waals surface area contributed by atoms with Crippen molar-refractivity contribution in [1.82, 2.24) is 0 Å². The maximum absolute atomic E-state index is 13.1. The molecule has 1 aliphatic rings. The highest BCUT2D eigenvalue weighted by Crippen LogP contribution is 2.41. The first-order chi connectivity index (χ1) is 15.8. The number of carbonyl (C=O) groups excluding carboxylic acids is 2. The van der Waals surface area contributed by atoms with Gasteiger partial charge in [0.25, 0.3) is 0 Å². The van der Waals surface area contributed by atoms with Crippen LogP contribution in [-0.4, -0.2) is 33.0 Å². The molecule has 0 bridgehead atoms. The number of ether oxygens (including phenoxy) is 2. The molecular weight excluding hydrogens is 477 g/mol. The molecule has 0 saturated heterocycles. The van der Waals surface area contributed by atoms with Crippen molar-refractivity contribution in [2.24, 2.45) is 0 Å². The molecular formula is C23H25F3O7S. The molecule has 0 N–H and O–H groups in total. The second-order valence-electron chi connectivity index (χ2n) is 7.54. The van der Waals surface area contributed by atoms with Crippen LogP contribution in [0.3, 0.4) is 0 Å². The van der Waals surface area contributed by atoms with E-state index in [0.717, 1.165) is 0 Å². The van der Waals surface area contributed by atoms with Crippen molar-refractivity contribution >= 4 is 22.1 Å². The number of methoxy groups -OCH3 is 1. The molecule has 0 aromatic heterocycles. The summed E-state index contributed by atoms with van der Waals surface area (Å²) in [6.45, 7) is 4.99. The molecule has 0 spiro atoms. The van der Waals surface area contributed by atoms with Crippen molar-refractivity contribution in [2.75, 3.05) is 7.11 Å². The number of fused-ring (bicyclic) bond motifs is 1. The molecule has 11 heteroatoms. The lowest BCUT2D eigenvalue weighted by Crippen LogP contribution is -2.29. The van der Waals surface area contributed by atoms with Crippen LogP contribution in [0.25, 0.3) is 0 Å². The highest BCUT2D eigenvalue weighted by Gasteiger charge is 2.50. The van der Waals surface area contributed by atoms with E-state index >= 15 is 0 Å². The number of alkyl halides is 3. The zero-order valence-corrected chi connectivity index (χ0v) is 20.0. The fourth-order valence-corrected chi connectivity index (χ4v) is 3.88. The number of benzene rings is 1. The predicted octanol–water partition coefficient (Wildman–Crippen LogP) is 4.29. The normalized spacial score (nSPS) is 13.6. The summed E-state index contributed by atoms with van der Waals surface area (Å²) in [5.41, 5.74) is -3.94. The van der Waals surface area contributed by atoms with E-state index in [-0.39, 0.29) is 42.6 Å². The topological polar surface area (TPSA) is 96.0 Å². The van der Waals surface area contributed by atoms with Crippen LogP contribution in [0.15, 0.2) is 11.6 Å². The van der Waals surface area contributed by atoms with Crippen LogP contribution in [0.4, 0.5) is 13.2 Å². The molecule has 1 aromatic carbocycles. The monoisotopic (exact) mass is 502 g/mol. The highest BCUT2D eigenvalue weighted by molar-refractivity contribution is 7.88. The summed E-state index contributed by atoms with van der Waals surface area (Å²) in [5, 5.41) is 0. The molecule has 1 heterocycles. The lowest BCUT2D eigenvalue weighted by molar-refractivity contribution is -0.140. The minimum absolute atomic E-state index is 0.0553. The maximum atomic E-state index is 13.1. The first-order valence-electron chi connectivity index (χ1n) is 10.4. The zero-order valence-electron chi connectivity index (χ0n) is 19.2. The molecule has 0 saturated carbocycles. The minimum atomic E-state index is -6.06. The van der Waals surface area contributed by atoms with Crippen LogP contribution in [0.1, 0.15) is 65.7 Å². The van der Waals surface area contributed by atoms with Gasteiger partial charge in [0.15, 0.2) is 5.75 Å². The van der Waals surface area contributed by atoms with Crippen molar-refractivity contribution in [3.05, 3.63) is 39.5 Å². The number of halogens is 3. The lowest BCUT2D eigenvalue weighted by Gasteiger charge is -2.20. The van der Waals surface area contributed by atoms with Gasteiger partial charge >= 0.3 is 27.6 Å². The highest BCUT2D eigenvalue weighted by atomic mass is 32.2. The zero-order chi connectivity index (χ0) is 25.7. The molecule has 0 atom stereocenters. The van der Waals surface area contributed by atoms with Gasteiger partial charge in [-0.25, -0.2) is 4.79 Å². The lowest BCUT2D eigenvalue weighted by atomic mass is 9.88. The van der Waals surface area contributed by atoms with E-state index in [1.54, 1.807) is 19.9 Å². The summed E-state index contributed by atoms with van der Waals surface area (Å²) in [6.07, 6.45) is 2.64. The second kappa shape index (κ2) is 11.0. The van der Waals surface area contributed by atoms with Crippen molar-refractivity contribution in [3.8, 4) is 17.6 Å². The SMILES string of the molecule is CCC#CCc1c(C)c2c(c(OS(=O)(=O)C(F)(F)F)c1C/C=C(\C)CCC(=O)OC)C(=O)OC2. The van der Waals surface area contributed by atoms with E-state index in [0.29, 0.717) is 29.5 Å². The number of hydrogen-bond acceptors (Lipinski definition) is 7. The third-order valence-electron chi connectivity index (χ3n) is 5.27. The van der Waals surface area contributed by atoms with Crippen LogP contribution in [0.5, 0.6) is 5.75 Å². The van der Waals surface area contributed by atoms with Gasteiger partial charge in [0.1, 0.15) is 12.2 Å². The molecule has 0 unspecified atom stereocenters. The minimum Gasteiger partial charge on any atom is -0.469 e. The summed E-state index contributed by atoms with van der Waals surface area (Å²) >= 11 is 0. The Bertz CT molecular complexity index is 1170. The number of rotatable bonds is 8. The first-order valence-corrected chi connectivity index (χ1v) is 11.8. The number of hydrogen-bond donors (Lipinski definition) is 0. The standard InChI is InChI=1S/C23H25F3O7S/c1-5-6-7-8-16-15(3)18-13-32-22(28)20(18)21(33-34(29,30)23(24,25)26)17(16)11-9-14(2)10-12-19(27)31-4/h9H,5,8,10-13H2,1-4H3/b14-9+. The second-order valence-corrected chi connectivity index (χ2v) is 9.08. The smallest absolute Gasteiger partial charge is 0.469 e. The van der Waals surface area contributed by atoms with E-state index < -0.39 is 33.3 Å². The molecule has 2 rings (SSSR count). The molecule has 0 aliphatic carbocycles. The Morgan fingerprint density at radius 2 is 1.88 bits per heavy atom. The van der Waals surface area contributed by atoms with Gasteiger partial charge in [-0.15, -0.1) is 5.92 Å². The molecule has 1 aliphatic heterocycles. The number of cyclic esters (lactones) is 1. The molecule has 186 valence electrons. The Balaban J connectivity index is 2.69. The Labute approximate surface area is 196 Å². The average molecular weight is 503 g/mol. The fourth-order valence-electron chi connectivity index (χ4n) is 3.39. The molecule has 7 nitrogen and oxygen atoms in total. The Morgan fingerprint density at radius 1 is 1.21 bits per heavy atom. The molecule has 0 amide bonds. The fraction of sp³-hybridized carbons (Fsp3) is 0.478. The predicted molar refractivity (Wildman–Crippen MR) is 116 cm³/mol. The molecule has 0 radical (unpaired) electrons. The average Bonchev–Trinajstić information content (AvgIpc) is 3.15. The largest absolute Gasteiger partial charge is 0.534 e. The van der Waals surface area contributed by atoms with Gasteiger partial charge in [-0.05, 0) is 37.8 Å². The van der Waals surface area contributed by atoms with Crippen LogP contribution in [0, 0.1) is 18.8 Å². The summed E-state index contributed by atoms with van der Waals surface area (Å²) in [5.74, 6) is 3.67. The van der Waals surface area contributed by atoms with Gasteiger partial charge < -0.3 is 13.7 Å². The number of allylic oxidation sites excluding steroid dienone is 2. The third kappa shape index (κ3) is 6.11. The summed E-state index contributed by atoms with van der Waals surface area (Å²) in [6, 6.07) is 0. The van der Waals surface area contributed by atoms with Crippen molar-refractivity contribution in [2.45, 2.75) is 65.0 Å². The van der Waals surface area contributed by atoms with Crippen LogP contribution in [-0.2, 0) is 43.8 Å². The van der Waals surface area contributed by atoms with Crippen LogP contribution in [0.2, 0.25) is 0 Å². The Hall–Kier alpha value is -3.00.